The molecule has 7 N–H and O–H groups in total. The zero-order chi connectivity index (χ0) is 45.4. The van der Waals surface area contributed by atoms with Crippen LogP contribution in [0.15, 0.2) is 48.5 Å². The molecule has 0 radical (unpaired) electrons. The van der Waals surface area contributed by atoms with E-state index >= 15 is 0 Å². The molecule has 0 spiro atoms. The van der Waals surface area contributed by atoms with Crippen LogP contribution in [-0.4, -0.2) is 84.4 Å². The van der Waals surface area contributed by atoms with Gasteiger partial charge in [0.2, 0.25) is 11.8 Å². The Morgan fingerprint density at radius 1 is 0.806 bits per heavy atom. The third kappa shape index (κ3) is 11.7. The van der Waals surface area contributed by atoms with Crippen molar-refractivity contribution in [3.63, 3.8) is 0 Å². The predicted octanol–water partition coefficient (Wildman–Crippen LogP) is 6.39. The Morgan fingerprint density at radius 2 is 1.47 bits per heavy atom. The number of nitrogens with one attached hydrogen (secondary N) is 2. The lowest BCUT2D eigenvalue weighted by molar-refractivity contribution is -0.199. The van der Waals surface area contributed by atoms with Crippen molar-refractivity contribution < 1.29 is 38.4 Å². The number of hydrogen-bond acceptors (Lipinski definition) is 10. The maximum atomic E-state index is 13.8. The summed E-state index contributed by atoms with van der Waals surface area (Å²) in [5.41, 5.74) is 15.2. The molecule has 3 aliphatic carbocycles. The number of benzene rings is 2. The van der Waals surface area contributed by atoms with E-state index in [4.69, 9.17) is 20.8 Å². The van der Waals surface area contributed by atoms with Crippen LogP contribution in [0.2, 0.25) is 5.82 Å². The summed E-state index contributed by atoms with van der Waals surface area (Å²) >= 11 is 0. The van der Waals surface area contributed by atoms with Crippen molar-refractivity contribution in [1.29, 1.82) is 0 Å². The van der Waals surface area contributed by atoms with Crippen LogP contribution in [0, 0.1) is 29.1 Å². The number of ketones is 3. The third-order valence-corrected chi connectivity index (χ3v) is 14.3. The molecule has 10 atom stereocenters. The monoisotopic (exact) mass is 857 g/mol. The lowest BCUT2D eigenvalue weighted by atomic mass is 9.43. The molecule has 2 bridgehead atoms. The van der Waals surface area contributed by atoms with Gasteiger partial charge in [-0.05, 0) is 112 Å². The predicted molar refractivity (Wildman–Crippen MR) is 243 cm³/mol. The van der Waals surface area contributed by atoms with E-state index in [9.17, 15) is 29.1 Å². The highest BCUT2D eigenvalue weighted by molar-refractivity contribution is 6.47. The van der Waals surface area contributed by atoms with E-state index in [1.807, 2.05) is 19.1 Å². The number of rotatable bonds is 25. The van der Waals surface area contributed by atoms with Gasteiger partial charge >= 0.3 is 7.12 Å². The lowest BCUT2D eigenvalue weighted by Crippen LogP contribution is -2.65. The quantitative estimate of drug-likeness (QED) is 0.0424. The highest BCUT2D eigenvalue weighted by atomic mass is 16.7. The summed E-state index contributed by atoms with van der Waals surface area (Å²) in [6.07, 6.45) is 5.68. The molecule has 1 heterocycles. The second-order valence-electron chi connectivity index (χ2n) is 19.4. The van der Waals surface area contributed by atoms with Crippen LogP contribution in [0.25, 0.3) is 11.1 Å². The molecule has 2 aromatic carbocycles. The van der Waals surface area contributed by atoms with Crippen LogP contribution in [-0.2, 0) is 34.9 Å². The normalized spacial score (nSPS) is 24.1. The highest BCUT2D eigenvalue weighted by Crippen LogP contribution is 2.66. The molecule has 3 saturated carbocycles. The topological polar surface area (TPSA) is 200 Å². The minimum absolute atomic E-state index is 0.00735. The first-order valence-electron chi connectivity index (χ1n) is 23.2. The SMILES string of the molecule is CCCCc1ccc(-c2ccc(C(=O)C[C@@H](CCCCN)C(=O)N[C@H](C(=O)C[C@@H](C)C(=O)N[C@@H](CCN)C(=O)C[C@@H](C)B3OC4C[C@@H]5C[C@@H](C5(C)C)[C@]4(C)O3)[C@@H](C)O)cc2)cc1. The smallest absolute Gasteiger partial charge is 0.405 e. The van der Waals surface area contributed by atoms with Gasteiger partial charge in [-0.2, -0.15) is 0 Å². The standard InChI is InChI=1S/C49H73BN4O8/c1-8-9-12-33-14-16-34(17-15-33)35-18-20-36(21-19-35)40(56)27-37(13-10-11-23-51)47(60)54-45(32(4)55)42(58)25-30(2)46(59)53-39(22-24-52)41(57)26-31(3)50-61-44-29-38-28-43(48(38,5)6)49(44,7)62-50/h14-21,30-32,37-39,43-45,55H,8-13,22-29,51-52H2,1-7H3,(H,53,59)(H,54,60)/t30-,31-,32-,37-,38+,39+,43+,44?,45+,49+/m1/s1. The minimum Gasteiger partial charge on any atom is -0.405 e. The molecule has 1 aliphatic heterocycles. The summed E-state index contributed by atoms with van der Waals surface area (Å²) in [5.74, 6) is -2.89. The van der Waals surface area contributed by atoms with Crippen LogP contribution in [0.1, 0.15) is 135 Å². The van der Waals surface area contributed by atoms with Gasteiger partial charge in [-0.25, -0.2) is 0 Å². The van der Waals surface area contributed by atoms with E-state index < -0.39 is 60.3 Å². The van der Waals surface area contributed by atoms with Gasteiger partial charge in [0.25, 0.3) is 0 Å². The molecule has 1 unspecified atom stereocenters. The Bertz CT molecular complexity index is 1850. The zero-order valence-corrected chi connectivity index (χ0v) is 38.3. The number of amides is 2. The van der Waals surface area contributed by atoms with Crippen molar-refractivity contribution in [2.75, 3.05) is 13.1 Å². The van der Waals surface area contributed by atoms with Crippen molar-refractivity contribution >= 4 is 36.3 Å². The van der Waals surface area contributed by atoms with E-state index in [1.54, 1.807) is 19.1 Å². The summed E-state index contributed by atoms with van der Waals surface area (Å²) in [6.45, 7) is 14.4. The Kier molecular flexibility index (Phi) is 17.3. The van der Waals surface area contributed by atoms with Gasteiger partial charge in [-0.15, -0.1) is 0 Å². The molecular formula is C49H73BN4O8. The number of Topliss-reactive ketones (excluding diaryl/α,β-unsaturated/α-hetero) is 3. The summed E-state index contributed by atoms with van der Waals surface area (Å²) in [6, 6.07) is 13.6. The van der Waals surface area contributed by atoms with E-state index in [-0.39, 0.29) is 61.1 Å². The van der Waals surface area contributed by atoms with Crippen LogP contribution in [0.5, 0.6) is 0 Å². The molecule has 6 rings (SSSR count). The first-order chi connectivity index (χ1) is 29.4. The maximum Gasteiger partial charge on any atom is 0.461 e. The number of carbonyl (C=O) groups excluding carboxylic acids is 5. The average Bonchev–Trinajstić information content (AvgIpc) is 3.61. The minimum atomic E-state index is -1.31. The van der Waals surface area contributed by atoms with Crippen LogP contribution >= 0.6 is 0 Å². The number of aliphatic hydroxyl groups excluding tert-OH is 1. The van der Waals surface area contributed by atoms with Crippen molar-refractivity contribution in [1.82, 2.24) is 10.6 Å². The largest absolute Gasteiger partial charge is 0.461 e. The first kappa shape index (κ1) is 49.3. The third-order valence-electron chi connectivity index (χ3n) is 14.3. The van der Waals surface area contributed by atoms with E-state index in [0.29, 0.717) is 43.2 Å². The fourth-order valence-corrected chi connectivity index (χ4v) is 10.1. The van der Waals surface area contributed by atoms with E-state index in [1.165, 1.54) is 12.5 Å². The number of nitrogens with two attached hydrogens (primary N) is 2. The Balaban J connectivity index is 1.15. The Labute approximate surface area is 369 Å². The molecule has 2 aromatic rings. The van der Waals surface area contributed by atoms with Gasteiger partial charge in [-0.3, -0.25) is 24.0 Å². The number of unbranched alkanes of at least 4 members (excludes halogenated alkanes) is 2. The van der Waals surface area contributed by atoms with E-state index in [2.05, 4.69) is 62.6 Å². The van der Waals surface area contributed by atoms with Gasteiger partial charge < -0.3 is 36.5 Å². The molecule has 1 saturated heterocycles. The molecule has 2 amide bonds. The number of aryl methyl sites for hydroxylation is 1. The zero-order valence-electron chi connectivity index (χ0n) is 38.3. The van der Waals surface area contributed by atoms with Crippen molar-refractivity contribution in [3.05, 3.63) is 59.7 Å². The molecule has 62 heavy (non-hydrogen) atoms. The lowest BCUT2D eigenvalue weighted by Gasteiger charge is -2.64. The molecule has 340 valence electrons. The van der Waals surface area contributed by atoms with Crippen LogP contribution in [0.4, 0.5) is 0 Å². The summed E-state index contributed by atoms with van der Waals surface area (Å²) in [4.78, 5) is 68.1. The molecule has 12 nitrogen and oxygen atoms in total. The number of carbonyl (C=O) groups is 5. The maximum absolute atomic E-state index is 13.8. The number of aliphatic hydroxyl groups is 1. The Morgan fingerprint density at radius 3 is 2.06 bits per heavy atom. The van der Waals surface area contributed by atoms with Crippen LogP contribution in [0.3, 0.4) is 0 Å². The van der Waals surface area contributed by atoms with Crippen LogP contribution < -0.4 is 22.1 Å². The first-order valence-corrected chi connectivity index (χ1v) is 23.2. The highest BCUT2D eigenvalue weighted by Gasteiger charge is 2.68. The van der Waals surface area contributed by atoms with Gasteiger partial charge in [0, 0.05) is 36.7 Å². The number of hydrogen-bond donors (Lipinski definition) is 5. The average molecular weight is 857 g/mol. The summed E-state index contributed by atoms with van der Waals surface area (Å²) in [7, 11) is -0.531. The summed E-state index contributed by atoms with van der Waals surface area (Å²) in [5, 5.41) is 16.2. The second kappa shape index (κ2) is 21.8. The van der Waals surface area contributed by atoms with Gasteiger partial charge in [0.1, 0.15) is 6.04 Å². The second-order valence-corrected chi connectivity index (χ2v) is 19.4. The molecule has 13 heteroatoms. The van der Waals surface area contributed by atoms with E-state index in [0.717, 1.165) is 43.2 Å². The van der Waals surface area contributed by atoms with Crippen molar-refractivity contribution in [2.45, 2.75) is 161 Å². The van der Waals surface area contributed by atoms with Gasteiger partial charge in [0.15, 0.2) is 17.3 Å². The molecule has 0 aromatic heterocycles. The van der Waals surface area contributed by atoms with Gasteiger partial charge in [0.05, 0.1) is 23.9 Å². The molecule has 4 aliphatic rings. The molecular weight excluding hydrogens is 783 g/mol. The summed E-state index contributed by atoms with van der Waals surface area (Å²) < 4.78 is 13.0. The fraction of sp³-hybridized carbons (Fsp3) is 0.653. The van der Waals surface area contributed by atoms with Gasteiger partial charge in [-0.1, -0.05) is 96.0 Å². The molecule has 4 fully saturated rings. The Hall–Kier alpha value is -3.75. The van der Waals surface area contributed by atoms with Crippen molar-refractivity contribution in [3.8, 4) is 11.1 Å². The fourth-order valence-electron chi connectivity index (χ4n) is 10.1. The van der Waals surface area contributed by atoms with Crippen molar-refractivity contribution in [2.24, 2.45) is 40.6 Å².